The molecule has 1 fully saturated rings. The highest BCUT2D eigenvalue weighted by Crippen LogP contribution is 2.16. The minimum Gasteiger partial charge on any atom is -0.383 e. The van der Waals surface area contributed by atoms with Crippen LogP contribution in [0.2, 0.25) is 0 Å². The highest BCUT2D eigenvalue weighted by Gasteiger charge is 2.19. The molecule has 0 aliphatic carbocycles. The molecule has 0 amide bonds. The third kappa shape index (κ3) is 2.46. The van der Waals surface area contributed by atoms with Crippen molar-refractivity contribution in [3.63, 3.8) is 0 Å². The zero-order valence-corrected chi connectivity index (χ0v) is 7.68. The van der Waals surface area contributed by atoms with Gasteiger partial charge in [0.15, 0.2) is 0 Å². The summed E-state index contributed by atoms with van der Waals surface area (Å²) in [7, 11) is 1.79. The molecule has 1 aliphatic heterocycles. The maximum atomic E-state index is 5.17. The van der Waals surface area contributed by atoms with Crippen molar-refractivity contribution in [3.8, 4) is 0 Å². The molecule has 1 unspecified atom stereocenters. The van der Waals surface area contributed by atoms with Gasteiger partial charge in [-0.25, -0.2) is 0 Å². The Morgan fingerprint density at radius 2 is 2.27 bits per heavy atom. The Bertz CT molecular complexity index is 104. The standard InChI is InChI=1S/C9H19NO/c1-3-10-7-5-4-6-9(10)8-11-2/h9H,3-8H2,1-2H3. The quantitative estimate of drug-likeness (QED) is 0.615. The van der Waals surface area contributed by atoms with Crippen molar-refractivity contribution in [2.24, 2.45) is 0 Å². The third-order valence-corrected chi connectivity index (χ3v) is 2.51. The molecule has 2 heteroatoms. The van der Waals surface area contributed by atoms with Crippen LogP contribution in [-0.2, 0) is 4.74 Å². The van der Waals surface area contributed by atoms with E-state index in [1.165, 1.54) is 32.4 Å². The maximum Gasteiger partial charge on any atom is 0.0618 e. The van der Waals surface area contributed by atoms with E-state index >= 15 is 0 Å². The van der Waals surface area contributed by atoms with Crippen molar-refractivity contribution in [2.45, 2.75) is 32.2 Å². The van der Waals surface area contributed by atoms with E-state index in [9.17, 15) is 0 Å². The van der Waals surface area contributed by atoms with Crippen LogP contribution in [0, 0.1) is 0 Å². The van der Waals surface area contributed by atoms with Gasteiger partial charge in [-0.1, -0.05) is 13.3 Å². The Morgan fingerprint density at radius 3 is 2.91 bits per heavy atom. The molecule has 1 heterocycles. The minimum absolute atomic E-state index is 0.693. The Labute approximate surface area is 69.5 Å². The highest BCUT2D eigenvalue weighted by atomic mass is 16.5. The average molecular weight is 157 g/mol. The summed E-state index contributed by atoms with van der Waals surface area (Å²) in [4.78, 5) is 2.52. The second-order valence-corrected chi connectivity index (χ2v) is 3.23. The Balaban J connectivity index is 2.31. The molecule has 0 radical (unpaired) electrons. The Kier molecular flexibility index (Phi) is 3.87. The summed E-state index contributed by atoms with van der Waals surface area (Å²) in [6.45, 7) is 5.58. The minimum atomic E-state index is 0.693. The fourth-order valence-electron chi connectivity index (χ4n) is 1.86. The molecular formula is C9H19NO. The van der Waals surface area contributed by atoms with E-state index in [-0.39, 0.29) is 0 Å². The van der Waals surface area contributed by atoms with Crippen LogP contribution in [0.15, 0.2) is 0 Å². The molecule has 0 aromatic heterocycles. The number of hydrogen-bond donors (Lipinski definition) is 0. The molecule has 0 N–H and O–H groups in total. The molecule has 0 aromatic rings. The summed E-state index contributed by atoms with van der Waals surface area (Å²) in [6.07, 6.45) is 4.07. The molecule has 0 bridgehead atoms. The Morgan fingerprint density at radius 1 is 1.45 bits per heavy atom. The van der Waals surface area contributed by atoms with Crippen molar-refractivity contribution < 1.29 is 4.74 Å². The van der Waals surface area contributed by atoms with Gasteiger partial charge in [0, 0.05) is 13.2 Å². The van der Waals surface area contributed by atoms with Crippen molar-refractivity contribution in [2.75, 3.05) is 26.8 Å². The molecule has 11 heavy (non-hydrogen) atoms. The van der Waals surface area contributed by atoms with Gasteiger partial charge in [0.1, 0.15) is 0 Å². The highest BCUT2D eigenvalue weighted by molar-refractivity contribution is 4.75. The van der Waals surface area contributed by atoms with E-state index in [2.05, 4.69) is 11.8 Å². The van der Waals surface area contributed by atoms with Gasteiger partial charge in [0.25, 0.3) is 0 Å². The van der Waals surface area contributed by atoms with Gasteiger partial charge in [0.05, 0.1) is 6.61 Å². The summed E-state index contributed by atoms with van der Waals surface area (Å²) in [5, 5.41) is 0. The molecule has 1 atom stereocenters. The normalized spacial score (nSPS) is 27.3. The van der Waals surface area contributed by atoms with Gasteiger partial charge in [0.2, 0.25) is 0 Å². The van der Waals surface area contributed by atoms with E-state index in [0.717, 1.165) is 6.61 Å². The molecule has 1 rings (SSSR count). The lowest BCUT2D eigenvalue weighted by atomic mass is 10.0. The monoisotopic (exact) mass is 157 g/mol. The molecule has 2 nitrogen and oxygen atoms in total. The molecule has 1 saturated heterocycles. The molecule has 0 spiro atoms. The number of hydrogen-bond acceptors (Lipinski definition) is 2. The van der Waals surface area contributed by atoms with Crippen LogP contribution in [0.25, 0.3) is 0 Å². The summed E-state index contributed by atoms with van der Waals surface area (Å²) >= 11 is 0. The lowest BCUT2D eigenvalue weighted by Gasteiger charge is -2.34. The summed E-state index contributed by atoms with van der Waals surface area (Å²) in [5.74, 6) is 0. The molecular weight excluding hydrogens is 138 g/mol. The van der Waals surface area contributed by atoms with Crippen molar-refractivity contribution in [1.29, 1.82) is 0 Å². The van der Waals surface area contributed by atoms with Gasteiger partial charge >= 0.3 is 0 Å². The second-order valence-electron chi connectivity index (χ2n) is 3.23. The average Bonchev–Trinajstić information content (AvgIpc) is 2.06. The van der Waals surface area contributed by atoms with Crippen LogP contribution in [0.3, 0.4) is 0 Å². The molecule has 66 valence electrons. The summed E-state index contributed by atoms with van der Waals surface area (Å²) in [6, 6.07) is 0.693. The zero-order chi connectivity index (χ0) is 8.10. The van der Waals surface area contributed by atoms with Gasteiger partial charge < -0.3 is 4.74 Å². The van der Waals surface area contributed by atoms with Gasteiger partial charge in [-0.2, -0.15) is 0 Å². The van der Waals surface area contributed by atoms with Crippen LogP contribution in [0.4, 0.5) is 0 Å². The predicted molar refractivity (Wildman–Crippen MR) is 46.8 cm³/mol. The van der Waals surface area contributed by atoms with Crippen molar-refractivity contribution in [1.82, 2.24) is 4.90 Å². The van der Waals surface area contributed by atoms with E-state index in [4.69, 9.17) is 4.74 Å². The number of rotatable bonds is 3. The Hall–Kier alpha value is -0.0800. The lowest BCUT2D eigenvalue weighted by molar-refractivity contribution is 0.0688. The first-order chi connectivity index (χ1) is 5.38. The smallest absolute Gasteiger partial charge is 0.0618 e. The largest absolute Gasteiger partial charge is 0.383 e. The van der Waals surface area contributed by atoms with E-state index in [1.807, 2.05) is 0 Å². The van der Waals surface area contributed by atoms with Crippen LogP contribution in [-0.4, -0.2) is 37.7 Å². The second kappa shape index (κ2) is 4.73. The molecule has 0 saturated carbocycles. The van der Waals surface area contributed by atoms with Crippen molar-refractivity contribution in [3.05, 3.63) is 0 Å². The first-order valence-electron chi connectivity index (χ1n) is 4.61. The van der Waals surface area contributed by atoms with E-state index in [1.54, 1.807) is 7.11 Å². The van der Waals surface area contributed by atoms with Crippen LogP contribution in [0.1, 0.15) is 26.2 Å². The summed E-state index contributed by atoms with van der Waals surface area (Å²) < 4.78 is 5.17. The first kappa shape index (κ1) is 9.01. The number of likely N-dealkylation sites (tertiary alicyclic amines) is 1. The van der Waals surface area contributed by atoms with E-state index in [0.29, 0.717) is 6.04 Å². The number of ether oxygens (including phenoxy) is 1. The molecule has 1 aliphatic rings. The number of piperidine rings is 1. The van der Waals surface area contributed by atoms with Crippen LogP contribution >= 0.6 is 0 Å². The van der Waals surface area contributed by atoms with Gasteiger partial charge in [-0.05, 0) is 25.9 Å². The fourth-order valence-corrected chi connectivity index (χ4v) is 1.86. The first-order valence-corrected chi connectivity index (χ1v) is 4.61. The lowest BCUT2D eigenvalue weighted by Crippen LogP contribution is -2.41. The maximum absolute atomic E-state index is 5.17. The van der Waals surface area contributed by atoms with Gasteiger partial charge in [-0.15, -0.1) is 0 Å². The molecule has 0 aromatic carbocycles. The number of nitrogens with zero attached hydrogens (tertiary/aromatic N) is 1. The number of methoxy groups -OCH3 is 1. The fraction of sp³-hybridized carbons (Fsp3) is 1.00. The predicted octanol–water partition coefficient (Wildman–Crippen LogP) is 1.51. The number of likely N-dealkylation sites (N-methyl/N-ethyl adjacent to an activating group) is 1. The van der Waals surface area contributed by atoms with Crippen molar-refractivity contribution >= 4 is 0 Å². The SMILES string of the molecule is CCN1CCCCC1COC. The van der Waals surface area contributed by atoms with Crippen LogP contribution in [0.5, 0.6) is 0 Å². The van der Waals surface area contributed by atoms with Gasteiger partial charge in [-0.3, -0.25) is 4.90 Å². The zero-order valence-electron chi connectivity index (χ0n) is 7.68. The van der Waals surface area contributed by atoms with Crippen LogP contribution < -0.4 is 0 Å². The van der Waals surface area contributed by atoms with E-state index < -0.39 is 0 Å². The third-order valence-electron chi connectivity index (χ3n) is 2.51. The summed E-state index contributed by atoms with van der Waals surface area (Å²) in [5.41, 5.74) is 0. The topological polar surface area (TPSA) is 12.5 Å².